The van der Waals surface area contributed by atoms with Crippen LogP contribution in [-0.4, -0.2) is 53.1 Å². The van der Waals surface area contributed by atoms with Crippen molar-refractivity contribution in [2.75, 3.05) is 47.1 Å². The number of nitrogens with one attached hydrogen (secondary N) is 2. The summed E-state index contributed by atoms with van der Waals surface area (Å²) in [5.74, 6) is 1.62. The summed E-state index contributed by atoms with van der Waals surface area (Å²) < 4.78 is 16.2. The summed E-state index contributed by atoms with van der Waals surface area (Å²) in [5.41, 5.74) is 2.25. The molecule has 0 saturated heterocycles. The molecule has 6 nitrogen and oxygen atoms in total. The third kappa shape index (κ3) is 7.85. The summed E-state index contributed by atoms with van der Waals surface area (Å²) in [6.45, 7) is 7.86. The molecule has 1 aromatic carbocycles. The lowest BCUT2D eigenvalue weighted by Gasteiger charge is -2.15. The fraction of sp³-hybridized carbons (Fsp3) is 0.588. The van der Waals surface area contributed by atoms with Crippen LogP contribution in [0.25, 0.3) is 0 Å². The Balaban J connectivity index is 2.57. The van der Waals surface area contributed by atoms with E-state index in [-0.39, 0.29) is 0 Å². The number of nitrogens with zero attached hydrogens (tertiary/aromatic N) is 1. The molecule has 23 heavy (non-hydrogen) atoms. The van der Waals surface area contributed by atoms with E-state index in [0.29, 0.717) is 39.5 Å². The Kier molecular flexibility index (Phi) is 9.83. The molecule has 6 heteroatoms. The smallest absolute Gasteiger partial charge is 0.191 e. The molecular weight excluding hydrogens is 294 g/mol. The van der Waals surface area contributed by atoms with Crippen molar-refractivity contribution in [2.45, 2.75) is 20.4 Å². The van der Waals surface area contributed by atoms with Crippen molar-refractivity contribution in [3.8, 4) is 5.75 Å². The van der Waals surface area contributed by atoms with Gasteiger partial charge in [0.1, 0.15) is 12.4 Å². The Bertz CT molecular complexity index is 478. The summed E-state index contributed by atoms with van der Waals surface area (Å²) in [5, 5.41) is 6.46. The van der Waals surface area contributed by atoms with Gasteiger partial charge in [-0.15, -0.1) is 0 Å². The van der Waals surface area contributed by atoms with Crippen molar-refractivity contribution in [3.63, 3.8) is 0 Å². The third-order valence-corrected chi connectivity index (χ3v) is 3.18. The van der Waals surface area contributed by atoms with E-state index in [0.717, 1.165) is 17.3 Å². The van der Waals surface area contributed by atoms with Crippen molar-refractivity contribution in [2.24, 2.45) is 4.99 Å². The monoisotopic (exact) mass is 323 g/mol. The van der Waals surface area contributed by atoms with Crippen molar-refractivity contribution in [1.82, 2.24) is 10.6 Å². The van der Waals surface area contributed by atoms with Gasteiger partial charge in [0.25, 0.3) is 0 Å². The van der Waals surface area contributed by atoms with E-state index in [1.165, 1.54) is 5.56 Å². The van der Waals surface area contributed by atoms with Crippen LogP contribution < -0.4 is 15.4 Å². The van der Waals surface area contributed by atoms with Crippen LogP contribution in [0.1, 0.15) is 18.1 Å². The molecule has 0 unspecified atom stereocenters. The largest absolute Gasteiger partial charge is 0.491 e. The van der Waals surface area contributed by atoms with Crippen LogP contribution >= 0.6 is 0 Å². The summed E-state index contributed by atoms with van der Waals surface area (Å²) in [7, 11) is 3.42. The lowest BCUT2D eigenvalue weighted by atomic mass is 10.1. The maximum Gasteiger partial charge on any atom is 0.191 e. The molecule has 0 fully saturated rings. The van der Waals surface area contributed by atoms with Crippen LogP contribution in [0.4, 0.5) is 0 Å². The molecule has 0 heterocycles. The molecule has 0 aliphatic carbocycles. The average Bonchev–Trinajstić information content (AvgIpc) is 2.56. The van der Waals surface area contributed by atoms with Gasteiger partial charge in [0, 0.05) is 39.4 Å². The van der Waals surface area contributed by atoms with E-state index in [2.05, 4.69) is 34.7 Å². The van der Waals surface area contributed by atoms with Gasteiger partial charge in [-0.25, -0.2) is 0 Å². The minimum absolute atomic E-state index is 0.547. The molecule has 0 radical (unpaired) electrons. The van der Waals surface area contributed by atoms with Gasteiger partial charge < -0.3 is 24.8 Å². The summed E-state index contributed by atoms with van der Waals surface area (Å²) in [6.07, 6.45) is 0. The zero-order chi connectivity index (χ0) is 16.9. The maximum atomic E-state index is 5.84. The normalized spacial score (nSPS) is 11.4. The fourth-order valence-electron chi connectivity index (χ4n) is 1.97. The molecule has 0 amide bonds. The quantitative estimate of drug-likeness (QED) is 0.390. The summed E-state index contributed by atoms with van der Waals surface area (Å²) in [6, 6.07) is 6.19. The molecule has 0 aliphatic rings. The zero-order valence-electron chi connectivity index (χ0n) is 14.6. The Morgan fingerprint density at radius 2 is 2.00 bits per heavy atom. The molecule has 0 spiro atoms. The van der Waals surface area contributed by atoms with E-state index in [4.69, 9.17) is 14.2 Å². The topological polar surface area (TPSA) is 64.1 Å². The van der Waals surface area contributed by atoms with Gasteiger partial charge in [0.2, 0.25) is 0 Å². The van der Waals surface area contributed by atoms with Crippen LogP contribution in [0.15, 0.2) is 23.2 Å². The maximum absolute atomic E-state index is 5.84. The Hall–Kier alpha value is -1.79. The second kappa shape index (κ2) is 11.7. The molecule has 0 atom stereocenters. The van der Waals surface area contributed by atoms with E-state index in [1.54, 1.807) is 14.2 Å². The predicted molar refractivity (Wildman–Crippen MR) is 93.2 cm³/mol. The molecule has 1 rings (SSSR count). The number of rotatable bonds is 10. The lowest BCUT2D eigenvalue weighted by Crippen LogP contribution is -2.38. The second-order valence-electron chi connectivity index (χ2n) is 5.00. The SMILES string of the molecule is CCOCCOc1cc(C)ccc1CNC(=NC)NCCOC. The highest BCUT2D eigenvalue weighted by Crippen LogP contribution is 2.20. The highest BCUT2D eigenvalue weighted by molar-refractivity contribution is 5.79. The van der Waals surface area contributed by atoms with Gasteiger partial charge in [0.05, 0.1) is 13.2 Å². The van der Waals surface area contributed by atoms with Gasteiger partial charge in [0.15, 0.2) is 5.96 Å². The number of aryl methyl sites for hydroxylation is 1. The number of methoxy groups -OCH3 is 1. The van der Waals surface area contributed by atoms with Gasteiger partial charge in [-0.05, 0) is 25.5 Å². The average molecular weight is 323 g/mol. The van der Waals surface area contributed by atoms with Crippen LogP contribution in [0.5, 0.6) is 5.75 Å². The Morgan fingerprint density at radius 3 is 2.70 bits per heavy atom. The minimum Gasteiger partial charge on any atom is -0.491 e. The highest BCUT2D eigenvalue weighted by Gasteiger charge is 2.06. The van der Waals surface area contributed by atoms with Crippen LogP contribution in [-0.2, 0) is 16.0 Å². The number of hydrogen-bond donors (Lipinski definition) is 2. The molecule has 2 N–H and O–H groups in total. The summed E-state index contributed by atoms with van der Waals surface area (Å²) >= 11 is 0. The Morgan fingerprint density at radius 1 is 1.17 bits per heavy atom. The molecule has 130 valence electrons. The predicted octanol–water partition coefficient (Wildman–Crippen LogP) is 1.72. The Labute approximate surface area is 139 Å². The van der Waals surface area contributed by atoms with Crippen LogP contribution in [0.3, 0.4) is 0 Å². The first-order valence-electron chi connectivity index (χ1n) is 7.94. The van der Waals surface area contributed by atoms with E-state index in [9.17, 15) is 0 Å². The molecule has 0 bridgehead atoms. The number of hydrogen-bond acceptors (Lipinski definition) is 4. The summed E-state index contributed by atoms with van der Waals surface area (Å²) in [4.78, 5) is 4.19. The lowest BCUT2D eigenvalue weighted by molar-refractivity contribution is 0.110. The van der Waals surface area contributed by atoms with Gasteiger partial charge in [-0.1, -0.05) is 12.1 Å². The molecule has 0 aromatic heterocycles. The van der Waals surface area contributed by atoms with Gasteiger partial charge in [-0.3, -0.25) is 4.99 Å². The number of benzene rings is 1. The molecular formula is C17H29N3O3. The van der Waals surface area contributed by atoms with Crippen molar-refractivity contribution < 1.29 is 14.2 Å². The first-order valence-corrected chi connectivity index (χ1v) is 7.94. The number of aliphatic imine (C=N–C) groups is 1. The van der Waals surface area contributed by atoms with Gasteiger partial charge >= 0.3 is 0 Å². The van der Waals surface area contributed by atoms with E-state index in [1.807, 2.05) is 13.0 Å². The van der Waals surface area contributed by atoms with E-state index < -0.39 is 0 Å². The number of guanidine groups is 1. The van der Waals surface area contributed by atoms with Crippen molar-refractivity contribution in [1.29, 1.82) is 0 Å². The molecule has 0 aliphatic heterocycles. The first kappa shape index (κ1) is 19.3. The molecule has 0 saturated carbocycles. The zero-order valence-corrected chi connectivity index (χ0v) is 14.6. The second-order valence-corrected chi connectivity index (χ2v) is 5.00. The first-order chi connectivity index (χ1) is 11.2. The van der Waals surface area contributed by atoms with Crippen molar-refractivity contribution >= 4 is 5.96 Å². The van der Waals surface area contributed by atoms with Crippen LogP contribution in [0, 0.1) is 6.92 Å². The number of ether oxygens (including phenoxy) is 3. The molecule has 1 aromatic rings. The van der Waals surface area contributed by atoms with Gasteiger partial charge in [-0.2, -0.15) is 0 Å². The fourth-order valence-corrected chi connectivity index (χ4v) is 1.97. The highest BCUT2D eigenvalue weighted by atomic mass is 16.5. The van der Waals surface area contributed by atoms with Crippen LogP contribution in [0.2, 0.25) is 0 Å². The third-order valence-electron chi connectivity index (χ3n) is 3.18. The van der Waals surface area contributed by atoms with E-state index >= 15 is 0 Å². The standard InChI is InChI=1S/C17H29N3O3/c1-5-22-10-11-23-16-12-14(2)6-7-15(16)13-20-17(18-3)19-8-9-21-4/h6-7,12H,5,8-11,13H2,1-4H3,(H2,18,19,20). The van der Waals surface area contributed by atoms with Crippen molar-refractivity contribution in [3.05, 3.63) is 29.3 Å². The minimum atomic E-state index is 0.547.